The van der Waals surface area contributed by atoms with Crippen molar-refractivity contribution in [3.05, 3.63) is 29.8 Å². The Bertz CT molecular complexity index is 419. The van der Waals surface area contributed by atoms with Crippen molar-refractivity contribution < 1.29 is 14.6 Å². The minimum Gasteiger partial charge on any atom is -0.496 e. The van der Waals surface area contributed by atoms with Crippen LogP contribution < -0.4 is 15.4 Å². The Hall–Kier alpha value is -1.75. The first kappa shape index (κ1) is 15.3. The molecular formula is C14H22N2O3. The van der Waals surface area contributed by atoms with Crippen LogP contribution in [0.3, 0.4) is 0 Å². The summed E-state index contributed by atoms with van der Waals surface area (Å²) in [6.07, 6.45) is 0.691. The topological polar surface area (TPSA) is 70.6 Å². The number of para-hydroxylation sites is 1. The molecule has 0 aliphatic rings. The third-order valence-electron chi connectivity index (χ3n) is 2.72. The first-order chi connectivity index (χ1) is 8.98. The Morgan fingerprint density at radius 1 is 1.37 bits per heavy atom. The lowest BCUT2D eigenvalue weighted by Crippen LogP contribution is -2.50. The van der Waals surface area contributed by atoms with E-state index in [-0.39, 0.29) is 12.6 Å². The van der Waals surface area contributed by atoms with Crippen molar-refractivity contribution in [1.29, 1.82) is 0 Å². The average Bonchev–Trinajstić information content (AvgIpc) is 2.38. The van der Waals surface area contributed by atoms with Gasteiger partial charge in [0.15, 0.2) is 0 Å². The van der Waals surface area contributed by atoms with Crippen molar-refractivity contribution in [2.24, 2.45) is 0 Å². The average molecular weight is 266 g/mol. The van der Waals surface area contributed by atoms with Crippen molar-refractivity contribution >= 4 is 6.03 Å². The van der Waals surface area contributed by atoms with Crippen molar-refractivity contribution in [2.45, 2.75) is 25.8 Å². The number of amides is 2. The molecule has 19 heavy (non-hydrogen) atoms. The lowest BCUT2D eigenvalue weighted by atomic mass is 10.1. The highest BCUT2D eigenvalue weighted by Crippen LogP contribution is 2.17. The minimum atomic E-state index is -0.617. The standard InChI is InChI=1S/C14H22N2O3/c1-14(2,10-17)16-13(18)15-9-8-11-6-4-5-7-12(11)19-3/h4-7,17H,8-10H2,1-3H3,(H2,15,16,18). The molecule has 5 heteroatoms. The van der Waals surface area contributed by atoms with Gasteiger partial charge in [-0.1, -0.05) is 18.2 Å². The number of hydrogen-bond donors (Lipinski definition) is 3. The Labute approximate surface area is 114 Å². The molecular weight excluding hydrogens is 244 g/mol. The van der Waals surface area contributed by atoms with Crippen LogP contribution in [0.25, 0.3) is 0 Å². The molecule has 0 saturated carbocycles. The number of aliphatic hydroxyl groups is 1. The molecule has 0 bridgehead atoms. The third-order valence-corrected chi connectivity index (χ3v) is 2.72. The van der Waals surface area contributed by atoms with Gasteiger partial charge in [0.1, 0.15) is 5.75 Å². The monoisotopic (exact) mass is 266 g/mol. The van der Waals surface area contributed by atoms with Crippen LogP contribution in [0.1, 0.15) is 19.4 Å². The maximum Gasteiger partial charge on any atom is 0.315 e. The second kappa shape index (κ2) is 6.99. The Kier molecular flexibility index (Phi) is 5.63. The van der Waals surface area contributed by atoms with Gasteiger partial charge in [-0.15, -0.1) is 0 Å². The molecule has 1 rings (SSSR count). The van der Waals surface area contributed by atoms with E-state index in [1.807, 2.05) is 24.3 Å². The van der Waals surface area contributed by atoms with Crippen LogP contribution in [0, 0.1) is 0 Å². The summed E-state index contributed by atoms with van der Waals surface area (Å²) < 4.78 is 5.24. The largest absolute Gasteiger partial charge is 0.496 e. The lowest BCUT2D eigenvalue weighted by Gasteiger charge is -2.23. The fraction of sp³-hybridized carbons (Fsp3) is 0.500. The Morgan fingerprint density at radius 2 is 2.05 bits per heavy atom. The van der Waals surface area contributed by atoms with E-state index in [0.29, 0.717) is 13.0 Å². The summed E-state index contributed by atoms with van der Waals surface area (Å²) in [4.78, 5) is 11.6. The highest BCUT2D eigenvalue weighted by atomic mass is 16.5. The zero-order chi connectivity index (χ0) is 14.3. The quantitative estimate of drug-likeness (QED) is 0.727. The summed E-state index contributed by atoms with van der Waals surface area (Å²) in [7, 11) is 1.63. The van der Waals surface area contributed by atoms with Crippen LogP contribution in [0.5, 0.6) is 5.75 Å². The molecule has 0 fully saturated rings. The zero-order valence-electron chi connectivity index (χ0n) is 11.7. The molecule has 0 heterocycles. The summed E-state index contributed by atoms with van der Waals surface area (Å²) in [6, 6.07) is 7.42. The van der Waals surface area contributed by atoms with Gasteiger partial charge >= 0.3 is 6.03 Å². The third kappa shape index (κ3) is 5.18. The lowest BCUT2D eigenvalue weighted by molar-refractivity contribution is 0.182. The number of methoxy groups -OCH3 is 1. The van der Waals surface area contributed by atoms with E-state index in [1.165, 1.54) is 0 Å². The molecule has 3 N–H and O–H groups in total. The van der Waals surface area contributed by atoms with Gasteiger partial charge in [-0.05, 0) is 31.9 Å². The van der Waals surface area contributed by atoms with Gasteiger partial charge < -0.3 is 20.5 Å². The molecule has 106 valence electrons. The van der Waals surface area contributed by atoms with Gasteiger partial charge in [-0.2, -0.15) is 0 Å². The van der Waals surface area contributed by atoms with Crippen LogP contribution in [-0.2, 0) is 6.42 Å². The van der Waals surface area contributed by atoms with Gasteiger partial charge in [0, 0.05) is 6.54 Å². The molecule has 0 unspecified atom stereocenters. The molecule has 0 spiro atoms. The van der Waals surface area contributed by atoms with E-state index in [0.717, 1.165) is 11.3 Å². The number of ether oxygens (including phenoxy) is 1. The number of benzene rings is 1. The van der Waals surface area contributed by atoms with Gasteiger partial charge in [-0.25, -0.2) is 4.79 Å². The SMILES string of the molecule is COc1ccccc1CCNC(=O)NC(C)(C)CO. The van der Waals surface area contributed by atoms with E-state index in [9.17, 15) is 4.79 Å². The molecule has 0 aliphatic heterocycles. The Balaban J connectivity index is 2.40. The fourth-order valence-corrected chi connectivity index (χ4v) is 1.61. The second-order valence-corrected chi connectivity index (χ2v) is 4.98. The Morgan fingerprint density at radius 3 is 2.68 bits per heavy atom. The molecule has 0 radical (unpaired) electrons. The maximum atomic E-state index is 11.6. The summed E-state index contributed by atoms with van der Waals surface area (Å²) in [5.41, 5.74) is 0.431. The summed E-state index contributed by atoms with van der Waals surface area (Å²) >= 11 is 0. The van der Waals surface area contributed by atoms with E-state index < -0.39 is 5.54 Å². The highest BCUT2D eigenvalue weighted by Gasteiger charge is 2.18. The summed E-state index contributed by atoms with van der Waals surface area (Å²) in [5.74, 6) is 0.820. The molecule has 0 aromatic heterocycles. The van der Waals surface area contributed by atoms with E-state index in [4.69, 9.17) is 9.84 Å². The van der Waals surface area contributed by atoms with Gasteiger partial charge in [0.05, 0.1) is 19.3 Å². The molecule has 1 aromatic carbocycles. The first-order valence-electron chi connectivity index (χ1n) is 6.27. The number of aliphatic hydroxyl groups excluding tert-OH is 1. The number of carbonyl (C=O) groups is 1. The van der Waals surface area contributed by atoms with Crippen molar-refractivity contribution in [3.63, 3.8) is 0 Å². The van der Waals surface area contributed by atoms with Crippen molar-refractivity contribution in [2.75, 3.05) is 20.3 Å². The normalized spacial score (nSPS) is 10.9. The first-order valence-corrected chi connectivity index (χ1v) is 6.27. The maximum absolute atomic E-state index is 11.6. The van der Waals surface area contributed by atoms with E-state index >= 15 is 0 Å². The molecule has 5 nitrogen and oxygen atoms in total. The van der Waals surface area contributed by atoms with Crippen LogP contribution in [0.15, 0.2) is 24.3 Å². The highest BCUT2D eigenvalue weighted by molar-refractivity contribution is 5.74. The van der Waals surface area contributed by atoms with E-state index in [1.54, 1.807) is 21.0 Å². The number of carbonyl (C=O) groups excluding carboxylic acids is 1. The van der Waals surface area contributed by atoms with Crippen molar-refractivity contribution in [3.8, 4) is 5.75 Å². The van der Waals surface area contributed by atoms with Gasteiger partial charge in [0.25, 0.3) is 0 Å². The summed E-state index contributed by atoms with van der Waals surface area (Å²) in [6.45, 7) is 3.92. The predicted octanol–water partition coefficient (Wildman–Crippen LogP) is 1.31. The zero-order valence-corrected chi connectivity index (χ0v) is 11.7. The molecule has 0 saturated heterocycles. The number of rotatable bonds is 6. The molecule has 0 aliphatic carbocycles. The molecule has 0 atom stereocenters. The van der Waals surface area contributed by atoms with Gasteiger partial charge in [-0.3, -0.25) is 0 Å². The number of hydrogen-bond acceptors (Lipinski definition) is 3. The number of urea groups is 1. The van der Waals surface area contributed by atoms with Crippen LogP contribution in [-0.4, -0.2) is 36.9 Å². The minimum absolute atomic E-state index is 0.104. The smallest absolute Gasteiger partial charge is 0.315 e. The predicted molar refractivity (Wildman–Crippen MR) is 74.4 cm³/mol. The van der Waals surface area contributed by atoms with Crippen LogP contribution >= 0.6 is 0 Å². The molecule has 1 aromatic rings. The second-order valence-electron chi connectivity index (χ2n) is 4.98. The summed E-state index contributed by atoms with van der Waals surface area (Å²) in [5, 5.41) is 14.5. The number of nitrogens with one attached hydrogen (secondary N) is 2. The van der Waals surface area contributed by atoms with Crippen LogP contribution in [0.4, 0.5) is 4.79 Å². The molecule has 2 amide bonds. The van der Waals surface area contributed by atoms with Gasteiger partial charge in [0.2, 0.25) is 0 Å². The van der Waals surface area contributed by atoms with Crippen molar-refractivity contribution in [1.82, 2.24) is 10.6 Å². The van der Waals surface area contributed by atoms with Crippen LogP contribution in [0.2, 0.25) is 0 Å². The van der Waals surface area contributed by atoms with E-state index in [2.05, 4.69) is 10.6 Å². The fourth-order valence-electron chi connectivity index (χ4n) is 1.61.